The van der Waals surface area contributed by atoms with Crippen molar-refractivity contribution in [1.82, 2.24) is 5.32 Å². The molecule has 0 bridgehead atoms. The van der Waals surface area contributed by atoms with E-state index < -0.39 is 0 Å². The van der Waals surface area contributed by atoms with Gasteiger partial charge in [-0.15, -0.1) is 0 Å². The van der Waals surface area contributed by atoms with Crippen LogP contribution < -0.4 is 5.32 Å². The first-order chi connectivity index (χ1) is 8.23. The fourth-order valence-corrected chi connectivity index (χ4v) is 3.96. The molecule has 0 spiro atoms. The molecule has 1 N–H and O–H groups in total. The van der Waals surface area contributed by atoms with Gasteiger partial charge in [0.15, 0.2) is 5.17 Å². The molecule has 2 nitrogen and oxygen atoms in total. The molecule has 0 aromatic heterocycles. The molecule has 2 rings (SSSR count). The van der Waals surface area contributed by atoms with Crippen molar-refractivity contribution < 1.29 is 0 Å². The molecule has 1 saturated carbocycles. The standard InChI is InChI=1S/C14H26N2S/c1-4-11(5-2)12-9-15-13(17-12)16-10-14(6-3)7-8-14/h11-12H,4-10H2,1-3H3,(H,15,16). The van der Waals surface area contributed by atoms with Gasteiger partial charge >= 0.3 is 0 Å². The second-order valence-electron chi connectivity index (χ2n) is 5.59. The second-order valence-corrected chi connectivity index (χ2v) is 6.81. The number of hydrogen-bond acceptors (Lipinski definition) is 3. The van der Waals surface area contributed by atoms with E-state index in [0.29, 0.717) is 5.41 Å². The van der Waals surface area contributed by atoms with E-state index >= 15 is 0 Å². The number of rotatable bonds is 6. The Bertz CT molecular complexity index is 280. The number of aliphatic imine (C=N–C) groups is 1. The zero-order valence-electron chi connectivity index (χ0n) is 11.5. The summed E-state index contributed by atoms with van der Waals surface area (Å²) in [5.41, 5.74) is 0.621. The summed E-state index contributed by atoms with van der Waals surface area (Å²) in [7, 11) is 0. The molecule has 3 heteroatoms. The van der Waals surface area contributed by atoms with Crippen LogP contribution in [0.5, 0.6) is 0 Å². The lowest BCUT2D eigenvalue weighted by Gasteiger charge is -2.19. The summed E-state index contributed by atoms with van der Waals surface area (Å²) in [5.74, 6) is 0.837. The smallest absolute Gasteiger partial charge is 0.156 e. The molecule has 1 heterocycles. The zero-order valence-corrected chi connectivity index (χ0v) is 12.3. The maximum atomic E-state index is 4.67. The molecule has 0 radical (unpaired) electrons. The fraction of sp³-hybridized carbons (Fsp3) is 0.929. The van der Waals surface area contributed by atoms with Crippen LogP contribution in [0.3, 0.4) is 0 Å². The Labute approximate surface area is 110 Å². The summed E-state index contributed by atoms with van der Waals surface area (Å²) >= 11 is 1.99. The van der Waals surface area contributed by atoms with Crippen LogP contribution >= 0.6 is 11.8 Å². The number of hydrogen-bond donors (Lipinski definition) is 1. The summed E-state index contributed by atoms with van der Waals surface area (Å²) in [6, 6.07) is 0. The Kier molecular flexibility index (Phi) is 4.40. The van der Waals surface area contributed by atoms with Crippen LogP contribution in [0.15, 0.2) is 4.99 Å². The monoisotopic (exact) mass is 254 g/mol. The zero-order chi connectivity index (χ0) is 12.3. The summed E-state index contributed by atoms with van der Waals surface area (Å²) in [4.78, 5) is 4.67. The van der Waals surface area contributed by atoms with E-state index in [0.717, 1.165) is 24.3 Å². The minimum absolute atomic E-state index is 0.621. The molecule has 17 heavy (non-hydrogen) atoms. The fourth-order valence-electron chi connectivity index (χ4n) is 2.64. The normalized spacial score (nSPS) is 26.1. The predicted octanol–water partition coefficient (Wildman–Crippen LogP) is 3.67. The highest BCUT2D eigenvalue weighted by Crippen LogP contribution is 2.48. The van der Waals surface area contributed by atoms with Crippen molar-refractivity contribution >= 4 is 16.9 Å². The molecule has 0 saturated heterocycles. The maximum absolute atomic E-state index is 4.67. The van der Waals surface area contributed by atoms with Crippen LogP contribution in [-0.4, -0.2) is 23.5 Å². The van der Waals surface area contributed by atoms with Gasteiger partial charge in [0.05, 0.1) is 6.54 Å². The van der Waals surface area contributed by atoms with E-state index in [1.54, 1.807) is 0 Å². The Morgan fingerprint density at radius 1 is 1.35 bits per heavy atom. The molecule has 1 aliphatic heterocycles. The average Bonchev–Trinajstić information content (AvgIpc) is 3.00. The number of nitrogens with zero attached hydrogens (tertiary/aromatic N) is 1. The molecule has 2 aliphatic rings. The highest BCUT2D eigenvalue weighted by Gasteiger charge is 2.40. The molecule has 0 amide bonds. The van der Waals surface area contributed by atoms with Crippen molar-refractivity contribution in [3.8, 4) is 0 Å². The van der Waals surface area contributed by atoms with Crippen molar-refractivity contribution in [2.75, 3.05) is 13.1 Å². The van der Waals surface area contributed by atoms with E-state index in [1.807, 2.05) is 11.8 Å². The first-order valence-corrected chi connectivity index (χ1v) is 8.06. The number of thioether (sulfide) groups is 1. The molecule has 98 valence electrons. The van der Waals surface area contributed by atoms with Gasteiger partial charge in [-0.2, -0.15) is 0 Å². The molecule has 0 aromatic rings. The highest BCUT2D eigenvalue weighted by molar-refractivity contribution is 8.14. The van der Waals surface area contributed by atoms with E-state index in [9.17, 15) is 0 Å². The first-order valence-electron chi connectivity index (χ1n) is 7.18. The average molecular weight is 254 g/mol. The third-order valence-corrected chi connectivity index (χ3v) is 5.91. The largest absolute Gasteiger partial charge is 0.364 e. The molecule has 1 unspecified atom stereocenters. The number of nitrogens with one attached hydrogen (secondary N) is 1. The Balaban J connectivity index is 1.74. The van der Waals surface area contributed by atoms with Crippen LogP contribution in [0.4, 0.5) is 0 Å². The lowest BCUT2D eigenvalue weighted by Crippen LogP contribution is -2.28. The molecule has 1 fully saturated rings. The third kappa shape index (κ3) is 3.18. The highest BCUT2D eigenvalue weighted by atomic mass is 32.2. The molecule has 1 aliphatic carbocycles. The van der Waals surface area contributed by atoms with Crippen molar-refractivity contribution in [2.45, 2.75) is 58.1 Å². The minimum atomic E-state index is 0.621. The maximum Gasteiger partial charge on any atom is 0.156 e. The van der Waals surface area contributed by atoms with E-state index in [1.165, 1.54) is 37.3 Å². The van der Waals surface area contributed by atoms with Gasteiger partial charge in [-0.05, 0) is 30.6 Å². The van der Waals surface area contributed by atoms with Crippen molar-refractivity contribution in [3.63, 3.8) is 0 Å². The Morgan fingerprint density at radius 3 is 2.59 bits per heavy atom. The van der Waals surface area contributed by atoms with Crippen LogP contribution in [0.1, 0.15) is 52.9 Å². The first kappa shape index (κ1) is 13.3. The third-order valence-electron chi connectivity index (χ3n) is 4.57. The van der Waals surface area contributed by atoms with Crippen molar-refractivity contribution in [3.05, 3.63) is 0 Å². The van der Waals surface area contributed by atoms with Gasteiger partial charge in [-0.25, -0.2) is 0 Å². The predicted molar refractivity (Wildman–Crippen MR) is 77.7 cm³/mol. The molecular formula is C14H26N2S. The minimum Gasteiger partial charge on any atom is -0.364 e. The quantitative estimate of drug-likeness (QED) is 0.782. The van der Waals surface area contributed by atoms with Crippen LogP contribution in [-0.2, 0) is 0 Å². The van der Waals surface area contributed by atoms with Gasteiger partial charge in [0.1, 0.15) is 0 Å². The SMILES string of the molecule is CCC(CC)C1CN=C(NCC2(CC)CC2)S1. The summed E-state index contributed by atoms with van der Waals surface area (Å²) < 4.78 is 0. The van der Waals surface area contributed by atoms with Gasteiger partial charge in [0.2, 0.25) is 0 Å². The molecule has 0 aromatic carbocycles. The summed E-state index contributed by atoms with van der Waals surface area (Å²) in [6.07, 6.45) is 6.70. The van der Waals surface area contributed by atoms with E-state index in [2.05, 4.69) is 31.1 Å². The van der Waals surface area contributed by atoms with Gasteiger partial charge < -0.3 is 5.32 Å². The number of amidine groups is 1. The lowest BCUT2D eigenvalue weighted by molar-refractivity contribution is 0.479. The van der Waals surface area contributed by atoms with Gasteiger partial charge in [-0.3, -0.25) is 4.99 Å². The molecular weight excluding hydrogens is 228 g/mol. The van der Waals surface area contributed by atoms with Crippen LogP contribution in [0.2, 0.25) is 0 Å². The van der Waals surface area contributed by atoms with E-state index in [-0.39, 0.29) is 0 Å². The van der Waals surface area contributed by atoms with Gasteiger partial charge in [-0.1, -0.05) is 45.4 Å². The summed E-state index contributed by atoms with van der Waals surface area (Å²) in [6.45, 7) is 9.08. The Morgan fingerprint density at radius 2 is 2.06 bits per heavy atom. The Hall–Kier alpha value is -0.180. The second kappa shape index (κ2) is 5.64. The summed E-state index contributed by atoms with van der Waals surface area (Å²) in [5, 5.41) is 5.52. The topological polar surface area (TPSA) is 24.4 Å². The van der Waals surface area contributed by atoms with Crippen molar-refractivity contribution in [2.24, 2.45) is 16.3 Å². The van der Waals surface area contributed by atoms with Crippen LogP contribution in [0.25, 0.3) is 0 Å². The van der Waals surface area contributed by atoms with Gasteiger partial charge in [0, 0.05) is 11.8 Å². The van der Waals surface area contributed by atoms with E-state index in [4.69, 9.17) is 0 Å². The molecule has 1 atom stereocenters. The van der Waals surface area contributed by atoms with Gasteiger partial charge in [0.25, 0.3) is 0 Å². The lowest BCUT2D eigenvalue weighted by atomic mass is 9.99. The van der Waals surface area contributed by atoms with Crippen molar-refractivity contribution in [1.29, 1.82) is 0 Å². The van der Waals surface area contributed by atoms with Crippen LogP contribution in [0, 0.1) is 11.3 Å².